The minimum atomic E-state index is -0.0892. The maximum atomic E-state index is 10.4. The molecule has 0 bridgehead atoms. The molecule has 4 atom stereocenters. The Morgan fingerprint density at radius 1 is 1.10 bits per heavy atom. The van der Waals surface area contributed by atoms with Crippen LogP contribution in [0.4, 0.5) is 0 Å². The molecule has 1 aliphatic heterocycles. The quantitative estimate of drug-likeness (QED) is 0.857. The van der Waals surface area contributed by atoms with Crippen LogP contribution in [0.1, 0.15) is 39.5 Å². The molecular weight excluding hydrogens is 248 g/mol. The fourth-order valence-electron chi connectivity index (χ4n) is 4.29. The predicted molar refractivity (Wildman–Crippen MR) is 84.8 cm³/mol. The highest BCUT2D eigenvalue weighted by atomic mass is 16.3. The first-order chi connectivity index (χ1) is 9.45. The SMILES string of the molecule is CC1CC(C)C(CN(C)CC2CCN(C)CC2)C(O)C1. The molecule has 0 amide bonds. The summed E-state index contributed by atoms with van der Waals surface area (Å²) in [4.78, 5) is 4.92. The molecule has 0 aromatic heterocycles. The lowest BCUT2D eigenvalue weighted by molar-refractivity contribution is -0.00132. The van der Waals surface area contributed by atoms with Gasteiger partial charge in [-0.1, -0.05) is 13.8 Å². The summed E-state index contributed by atoms with van der Waals surface area (Å²) < 4.78 is 0. The first kappa shape index (κ1) is 16.3. The van der Waals surface area contributed by atoms with Crippen LogP contribution in [0.3, 0.4) is 0 Å². The summed E-state index contributed by atoms with van der Waals surface area (Å²) in [6.45, 7) is 9.38. The van der Waals surface area contributed by atoms with Crippen molar-refractivity contribution in [3.05, 3.63) is 0 Å². The van der Waals surface area contributed by atoms with Gasteiger partial charge in [-0.25, -0.2) is 0 Å². The van der Waals surface area contributed by atoms with Crippen molar-refractivity contribution in [2.75, 3.05) is 40.3 Å². The summed E-state index contributed by atoms with van der Waals surface area (Å²) in [5.74, 6) is 2.68. The summed E-state index contributed by atoms with van der Waals surface area (Å²) in [5.41, 5.74) is 0. The maximum Gasteiger partial charge on any atom is 0.0585 e. The van der Waals surface area contributed by atoms with Gasteiger partial charge in [-0.3, -0.25) is 0 Å². The third-order valence-corrected chi connectivity index (χ3v) is 5.57. The summed E-state index contributed by atoms with van der Waals surface area (Å²) in [6.07, 6.45) is 4.86. The van der Waals surface area contributed by atoms with Crippen LogP contribution < -0.4 is 0 Å². The second kappa shape index (κ2) is 7.24. The second-order valence-electron chi connectivity index (χ2n) is 7.75. The molecule has 1 aliphatic carbocycles. The number of piperidine rings is 1. The fraction of sp³-hybridized carbons (Fsp3) is 1.00. The molecule has 0 radical (unpaired) electrons. The van der Waals surface area contributed by atoms with Gasteiger partial charge in [-0.2, -0.15) is 0 Å². The smallest absolute Gasteiger partial charge is 0.0585 e. The van der Waals surface area contributed by atoms with E-state index in [1.54, 1.807) is 0 Å². The number of hydrogen-bond donors (Lipinski definition) is 1. The van der Waals surface area contributed by atoms with Crippen LogP contribution in [0.2, 0.25) is 0 Å². The monoisotopic (exact) mass is 282 g/mol. The Balaban J connectivity index is 1.77. The Hall–Kier alpha value is -0.120. The Bertz CT molecular complexity index is 277. The summed E-state index contributed by atoms with van der Waals surface area (Å²) in [7, 11) is 4.47. The predicted octanol–water partition coefficient (Wildman–Crippen LogP) is 2.30. The van der Waals surface area contributed by atoms with Crippen molar-refractivity contribution in [1.82, 2.24) is 9.80 Å². The number of aliphatic hydroxyl groups is 1. The zero-order valence-corrected chi connectivity index (χ0v) is 13.9. The molecule has 20 heavy (non-hydrogen) atoms. The van der Waals surface area contributed by atoms with Crippen molar-refractivity contribution in [1.29, 1.82) is 0 Å². The van der Waals surface area contributed by atoms with Crippen molar-refractivity contribution < 1.29 is 5.11 Å². The Kier molecular flexibility index (Phi) is 5.88. The van der Waals surface area contributed by atoms with Gasteiger partial charge < -0.3 is 14.9 Å². The van der Waals surface area contributed by atoms with E-state index in [1.807, 2.05) is 0 Å². The van der Waals surface area contributed by atoms with Crippen molar-refractivity contribution in [3.8, 4) is 0 Å². The molecular formula is C17H34N2O. The van der Waals surface area contributed by atoms with E-state index < -0.39 is 0 Å². The highest BCUT2D eigenvalue weighted by Crippen LogP contribution is 2.34. The molecule has 2 fully saturated rings. The number of aliphatic hydroxyl groups excluding tert-OH is 1. The first-order valence-corrected chi connectivity index (χ1v) is 8.50. The highest BCUT2D eigenvalue weighted by Gasteiger charge is 2.33. The molecule has 1 N–H and O–H groups in total. The van der Waals surface area contributed by atoms with Gasteiger partial charge in [0.05, 0.1) is 6.10 Å². The van der Waals surface area contributed by atoms with Gasteiger partial charge in [-0.15, -0.1) is 0 Å². The molecule has 0 aromatic rings. The molecule has 2 aliphatic rings. The summed E-state index contributed by atoms with van der Waals surface area (Å²) in [5, 5.41) is 10.4. The molecule has 2 rings (SSSR count). The van der Waals surface area contributed by atoms with Crippen molar-refractivity contribution in [2.45, 2.75) is 45.6 Å². The van der Waals surface area contributed by atoms with E-state index in [1.165, 1.54) is 38.9 Å². The summed E-state index contributed by atoms with van der Waals surface area (Å²) >= 11 is 0. The fourth-order valence-corrected chi connectivity index (χ4v) is 4.29. The average Bonchev–Trinajstić information content (AvgIpc) is 2.36. The van der Waals surface area contributed by atoms with Crippen LogP contribution in [0, 0.1) is 23.7 Å². The minimum Gasteiger partial charge on any atom is -0.393 e. The topological polar surface area (TPSA) is 26.7 Å². The molecule has 1 saturated carbocycles. The van der Waals surface area contributed by atoms with Crippen LogP contribution in [-0.2, 0) is 0 Å². The number of likely N-dealkylation sites (tertiary alicyclic amines) is 1. The average molecular weight is 282 g/mol. The van der Waals surface area contributed by atoms with E-state index in [0.717, 1.165) is 18.9 Å². The third kappa shape index (κ3) is 4.44. The van der Waals surface area contributed by atoms with Crippen LogP contribution in [-0.4, -0.2) is 61.3 Å². The molecule has 1 saturated heterocycles. The van der Waals surface area contributed by atoms with E-state index >= 15 is 0 Å². The normalized spacial score (nSPS) is 37.5. The molecule has 3 nitrogen and oxygen atoms in total. The van der Waals surface area contributed by atoms with Gasteiger partial charge in [0, 0.05) is 19.0 Å². The van der Waals surface area contributed by atoms with Crippen molar-refractivity contribution >= 4 is 0 Å². The molecule has 4 unspecified atom stereocenters. The number of rotatable bonds is 4. The van der Waals surface area contributed by atoms with Crippen LogP contribution in [0.25, 0.3) is 0 Å². The van der Waals surface area contributed by atoms with E-state index in [9.17, 15) is 5.11 Å². The lowest BCUT2D eigenvalue weighted by Gasteiger charge is -2.40. The molecule has 3 heteroatoms. The second-order valence-corrected chi connectivity index (χ2v) is 7.75. The molecule has 1 heterocycles. The van der Waals surface area contributed by atoms with Crippen LogP contribution in [0.15, 0.2) is 0 Å². The maximum absolute atomic E-state index is 10.4. The van der Waals surface area contributed by atoms with E-state index in [-0.39, 0.29) is 6.10 Å². The lowest BCUT2D eigenvalue weighted by Crippen LogP contribution is -2.43. The molecule has 0 aromatic carbocycles. The largest absolute Gasteiger partial charge is 0.393 e. The number of nitrogens with zero attached hydrogens (tertiary/aromatic N) is 2. The summed E-state index contributed by atoms with van der Waals surface area (Å²) in [6, 6.07) is 0. The zero-order chi connectivity index (χ0) is 14.7. The standard InChI is InChI=1S/C17H34N2O/c1-13-9-14(2)16(17(20)10-13)12-19(4)11-15-5-7-18(3)8-6-15/h13-17,20H,5-12H2,1-4H3. The van der Waals surface area contributed by atoms with E-state index in [4.69, 9.17) is 0 Å². The van der Waals surface area contributed by atoms with Gasteiger partial charge in [-0.05, 0) is 70.6 Å². The van der Waals surface area contributed by atoms with Crippen molar-refractivity contribution in [3.63, 3.8) is 0 Å². The van der Waals surface area contributed by atoms with Crippen molar-refractivity contribution in [2.24, 2.45) is 23.7 Å². The first-order valence-electron chi connectivity index (χ1n) is 8.50. The van der Waals surface area contributed by atoms with E-state index in [2.05, 4.69) is 37.7 Å². The highest BCUT2D eigenvalue weighted by molar-refractivity contribution is 4.85. The molecule has 118 valence electrons. The Labute approximate surface area is 125 Å². The van der Waals surface area contributed by atoms with Gasteiger partial charge >= 0.3 is 0 Å². The molecule has 0 spiro atoms. The lowest BCUT2D eigenvalue weighted by atomic mass is 9.73. The minimum absolute atomic E-state index is 0.0892. The van der Waals surface area contributed by atoms with Gasteiger partial charge in [0.2, 0.25) is 0 Å². The van der Waals surface area contributed by atoms with Crippen LogP contribution >= 0.6 is 0 Å². The van der Waals surface area contributed by atoms with E-state index in [0.29, 0.717) is 17.8 Å². The Morgan fingerprint density at radius 2 is 1.75 bits per heavy atom. The Morgan fingerprint density at radius 3 is 2.35 bits per heavy atom. The van der Waals surface area contributed by atoms with Gasteiger partial charge in [0.15, 0.2) is 0 Å². The number of hydrogen-bond acceptors (Lipinski definition) is 3. The third-order valence-electron chi connectivity index (χ3n) is 5.57. The zero-order valence-electron chi connectivity index (χ0n) is 13.9. The van der Waals surface area contributed by atoms with Gasteiger partial charge in [0.1, 0.15) is 0 Å². The van der Waals surface area contributed by atoms with Gasteiger partial charge in [0.25, 0.3) is 0 Å². The van der Waals surface area contributed by atoms with Crippen LogP contribution in [0.5, 0.6) is 0 Å².